The lowest BCUT2D eigenvalue weighted by atomic mass is 10.1. The van der Waals surface area contributed by atoms with E-state index in [1.54, 1.807) is 12.1 Å². The van der Waals surface area contributed by atoms with Crippen molar-refractivity contribution in [2.45, 2.75) is 6.42 Å². The molecule has 4 aromatic rings. The Labute approximate surface area is 200 Å². The second kappa shape index (κ2) is 10.4. The van der Waals surface area contributed by atoms with Gasteiger partial charge in [0.1, 0.15) is 5.75 Å². The van der Waals surface area contributed by atoms with Gasteiger partial charge >= 0.3 is 0 Å². The summed E-state index contributed by atoms with van der Waals surface area (Å²) < 4.78 is 6.71. The fourth-order valence-electron chi connectivity index (χ4n) is 3.39. The summed E-state index contributed by atoms with van der Waals surface area (Å²) in [6.45, 7) is 0.463. The van der Waals surface area contributed by atoms with Crippen LogP contribution in [0.5, 0.6) is 5.75 Å². The van der Waals surface area contributed by atoms with Gasteiger partial charge in [0.2, 0.25) is 0 Å². The van der Waals surface area contributed by atoms with Gasteiger partial charge in [-0.05, 0) is 47.4 Å². The van der Waals surface area contributed by atoms with Gasteiger partial charge in [-0.25, -0.2) is 0 Å². The molecule has 0 aliphatic heterocycles. The molecule has 1 amide bonds. The molecule has 0 atom stereocenters. The summed E-state index contributed by atoms with van der Waals surface area (Å²) in [5.41, 5.74) is 2.42. The normalized spacial score (nSPS) is 10.5. The van der Waals surface area contributed by atoms with Crippen LogP contribution in [0.15, 0.2) is 95.5 Å². The van der Waals surface area contributed by atoms with Crippen LogP contribution in [0.25, 0.3) is 10.8 Å². The molecule has 2 N–H and O–H groups in total. The largest absolute Gasteiger partial charge is 0.492 e. The molecule has 0 spiro atoms. The zero-order chi connectivity index (χ0) is 22.3. The molecule has 0 aliphatic carbocycles. The lowest BCUT2D eigenvalue weighted by molar-refractivity contribution is 0.0973. The fraction of sp³-hybridized carbons (Fsp3) is 0.0769. The number of benzene rings is 4. The number of nitrogens with one attached hydrogen (secondary N) is 2. The van der Waals surface area contributed by atoms with Crippen molar-refractivity contribution >= 4 is 55.6 Å². The van der Waals surface area contributed by atoms with E-state index in [2.05, 4.69) is 38.7 Å². The zero-order valence-corrected chi connectivity index (χ0v) is 19.6. The molecule has 0 unspecified atom stereocenters. The highest BCUT2D eigenvalue weighted by Gasteiger charge is 2.15. The van der Waals surface area contributed by atoms with Crippen molar-refractivity contribution in [1.82, 2.24) is 5.32 Å². The number of carbonyl (C=O) groups is 1. The first kappa shape index (κ1) is 22.0. The molecule has 4 aromatic carbocycles. The second-order valence-corrected chi connectivity index (χ2v) is 8.48. The molecule has 0 radical (unpaired) electrons. The van der Waals surface area contributed by atoms with Crippen LogP contribution in [0.4, 0.5) is 5.69 Å². The lowest BCUT2D eigenvalue weighted by Gasteiger charge is -2.14. The van der Waals surface area contributed by atoms with Crippen LogP contribution in [-0.4, -0.2) is 17.6 Å². The average molecular weight is 505 g/mol. The molecule has 0 saturated carbocycles. The van der Waals surface area contributed by atoms with Crippen molar-refractivity contribution in [2.24, 2.45) is 0 Å². The Kier molecular flexibility index (Phi) is 7.14. The van der Waals surface area contributed by atoms with E-state index < -0.39 is 0 Å². The molecule has 0 bridgehead atoms. The first-order valence-electron chi connectivity index (χ1n) is 10.2. The Morgan fingerprint density at radius 1 is 0.906 bits per heavy atom. The van der Waals surface area contributed by atoms with Gasteiger partial charge in [-0.1, -0.05) is 82.7 Å². The Hall–Kier alpha value is -3.22. The Bertz CT molecular complexity index is 1260. The Morgan fingerprint density at radius 2 is 1.66 bits per heavy atom. The van der Waals surface area contributed by atoms with Crippen LogP contribution in [0.3, 0.4) is 0 Å². The third-order valence-corrected chi connectivity index (χ3v) is 5.64. The van der Waals surface area contributed by atoms with Gasteiger partial charge in [0.25, 0.3) is 5.91 Å². The van der Waals surface area contributed by atoms with Crippen LogP contribution >= 0.6 is 28.1 Å². The number of ether oxygens (including phenoxy) is 1. The molecule has 160 valence electrons. The SMILES string of the molecule is O=C(NC(=S)Nc1cccc2ccccc12)c1cc(Br)ccc1OCCc1ccccc1. The predicted molar refractivity (Wildman–Crippen MR) is 137 cm³/mol. The van der Waals surface area contributed by atoms with Crippen molar-refractivity contribution in [3.63, 3.8) is 0 Å². The van der Waals surface area contributed by atoms with Crippen molar-refractivity contribution in [3.8, 4) is 5.75 Å². The van der Waals surface area contributed by atoms with E-state index in [4.69, 9.17) is 17.0 Å². The van der Waals surface area contributed by atoms with Gasteiger partial charge in [0.05, 0.1) is 12.2 Å². The number of fused-ring (bicyclic) bond motifs is 1. The van der Waals surface area contributed by atoms with E-state index in [9.17, 15) is 4.79 Å². The lowest BCUT2D eigenvalue weighted by Crippen LogP contribution is -2.34. The molecule has 0 aromatic heterocycles. The molecular weight excluding hydrogens is 484 g/mol. The molecule has 0 heterocycles. The Balaban J connectivity index is 1.44. The molecule has 4 rings (SSSR count). The monoisotopic (exact) mass is 504 g/mol. The van der Waals surface area contributed by atoms with Gasteiger partial charge < -0.3 is 10.1 Å². The highest BCUT2D eigenvalue weighted by atomic mass is 79.9. The number of rotatable bonds is 6. The topological polar surface area (TPSA) is 50.4 Å². The van der Waals surface area contributed by atoms with Crippen LogP contribution < -0.4 is 15.4 Å². The minimum Gasteiger partial charge on any atom is -0.492 e. The molecule has 0 aliphatic rings. The summed E-state index contributed by atoms with van der Waals surface area (Å²) in [6.07, 6.45) is 0.749. The summed E-state index contributed by atoms with van der Waals surface area (Å²) in [4.78, 5) is 13.0. The molecular formula is C26H21BrN2O2S. The predicted octanol–water partition coefficient (Wildman–Crippen LogP) is 6.35. The standard InChI is InChI=1S/C26H21BrN2O2S/c27-20-13-14-24(31-16-15-18-7-2-1-3-8-18)22(17-20)25(30)29-26(32)28-23-12-6-10-19-9-4-5-11-21(19)23/h1-14,17H,15-16H2,(H2,28,29,30,32). The van der Waals surface area contributed by atoms with Crippen molar-refractivity contribution in [1.29, 1.82) is 0 Å². The number of hydrogen-bond donors (Lipinski definition) is 2. The van der Waals surface area contributed by atoms with Crippen LogP contribution in [-0.2, 0) is 6.42 Å². The maximum absolute atomic E-state index is 13.0. The van der Waals surface area contributed by atoms with E-state index >= 15 is 0 Å². The first-order valence-corrected chi connectivity index (χ1v) is 11.4. The maximum atomic E-state index is 13.0. The quantitative estimate of drug-likeness (QED) is 0.300. The van der Waals surface area contributed by atoms with Gasteiger partial charge in [0, 0.05) is 22.0 Å². The third kappa shape index (κ3) is 5.52. The molecule has 0 saturated heterocycles. The second-order valence-electron chi connectivity index (χ2n) is 7.16. The first-order chi connectivity index (χ1) is 15.6. The zero-order valence-electron chi connectivity index (χ0n) is 17.2. The highest BCUT2D eigenvalue weighted by Crippen LogP contribution is 2.25. The van der Waals surface area contributed by atoms with Crippen LogP contribution in [0.2, 0.25) is 0 Å². The van der Waals surface area contributed by atoms with Crippen molar-refractivity contribution in [2.75, 3.05) is 11.9 Å². The van der Waals surface area contributed by atoms with Crippen molar-refractivity contribution in [3.05, 3.63) is 107 Å². The number of amides is 1. The molecule has 0 fully saturated rings. The fourth-order valence-corrected chi connectivity index (χ4v) is 3.95. The van der Waals surface area contributed by atoms with Gasteiger partial charge in [-0.2, -0.15) is 0 Å². The number of thiocarbonyl (C=S) groups is 1. The van der Waals surface area contributed by atoms with Gasteiger partial charge in [-0.15, -0.1) is 0 Å². The minimum absolute atomic E-state index is 0.224. The van der Waals surface area contributed by atoms with E-state index in [-0.39, 0.29) is 11.0 Å². The number of halogens is 1. The molecule has 32 heavy (non-hydrogen) atoms. The number of anilines is 1. The number of hydrogen-bond acceptors (Lipinski definition) is 3. The summed E-state index contributed by atoms with van der Waals surface area (Å²) in [7, 11) is 0. The maximum Gasteiger partial charge on any atom is 0.261 e. The van der Waals surface area contributed by atoms with E-state index in [0.29, 0.717) is 17.9 Å². The number of carbonyl (C=O) groups excluding carboxylic acids is 1. The molecule has 4 nitrogen and oxygen atoms in total. The molecule has 6 heteroatoms. The van der Waals surface area contributed by atoms with E-state index in [1.807, 2.05) is 66.7 Å². The van der Waals surface area contributed by atoms with Crippen molar-refractivity contribution < 1.29 is 9.53 Å². The van der Waals surface area contributed by atoms with Gasteiger partial charge in [0.15, 0.2) is 5.11 Å². The smallest absolute Gasteiger partial charge is 0.261 e. The Morgan fingerprint density at radius 3 is 2.50 bits per heavy atom. The summed E-state index contributed by atoms with van der Waals surface area (Å²) in [6, 6.07) is 29.3. The summed E-state index contributed by atoms with van der Waals surface area (Å²) >= 11 is 8.84. The highest BCUT2D eigenvalue weighted by molar-refractivity contribution is 9.10. The summed E-state index contributed by atoms with van der Waals surface area (Å²) in [5.74, 6) is 0.174. The minimum atomic E-state index is -0.334. The van der Waals surface area contributed by atoms with Gasteiger partial charge in [-0.3, -0.25) is 10.1 Å². The third-order valence-electron chi connectivity index (χ3n) is 4.94. The summed E-state index contributed by atoms with van der Waals surface area (Å²) in [5, 5.41) is 8.24. The van der Waals surface area contributed by atoms with Crippen LogP contribution in [0.1, 0.15) is 15.9 Å². The van der Waals surface area contributed by atoms with Crippen LogP contribution in [0, 0.1) is 0 Å². The van der Waals surface area contributed by atoms with E-state index in [0.717, 1.165) is 27.4 Å². The average Bonchev–Trinajstić information content (AvgIpc) is 2.81. The van der Waals surface area contributed by atoms with E-state index in [1.165, 1.54) is 5.56 Å².